The van der Waals surface area contributed by atoms with Gasteiger partial charge in [0.1, 0.15) is 18.2 Å². The van der Waals surface area contributed by atoms with Gasteiger partial charge < -0.3 is 9.30 Å². The van der Waals surface area contributed by atoms with Gasteiger partial charge in [-0.05, 0) is 32.9 Å². The predicted octanol–water partition coefficient (Wildman–Crippen LogP) is 3.10. The van der Waals surface area contributed by atoms with Crippen LogP contribution in [0.3, 0.4) is 0 Å². The summed E-state index contributed by atoms with van der Waals surface area (Å²) in [5, 5.41) is 0. The molecule has 0 saturated carbocycles. The van der Waals surface area contributed by atoms with Crippen molar-refractivity contribution in [2.24, 2.45) is 0 Å². The molecule has 0 atom stereocenters. The van der Waals surface area contributed by atoms with Gasteiger partial charge in [0.15, 0.2) is 0 Å². The van der Waals surface area contributed by atoms with Crippen molar-refractivity contribution in [3.05, 3.63) is 47.5 Å². The summed E-state index contributed by atoms with van der Waals surface area (Å²) in [5.74, 6) is 1.87. The number of rotatable bonds is 4. The fourth-order valence-electron chi connectivity index (χ4n) is 1.77. The second-order valence-electron chi connectivity index (χ2n) is 4.19. The average molecular weight is 230 g/mol. The maximum Gasteiger partial charge on any atom is 0.147 e. The third kappa shape index (κ3) is 2.87. The molecule has 90 valence electrons. The zero-order chi connectivity index (χ0) is 12.3. The summed E-state index contributed by atoms with van der Waals surface area (Å²) >= 11 is 0. The normalized spacial score (nSPS) is 10.5. The van der Waals surface area contributed by atoms with Crippen molar-refractivity contribution < 1.29 is 4.74 Å². The molecule has 0 saturated heterocycles. The summed E-state index contributed by atoms with van der Waals surface area (Å²) in [4.78, 5) is 4.45. The summed E-state index contributed by atoms with van der Waals surface area (Å²) in [5.41, 5.74) is 2.28. The minimum atomic E-state index is 0.519. The smallest absolute Gasteiger partial charge is 0.147 e. The molecule has 0 aliphatic carbocycles. The van der Waals surface area contributed by atoms with E-state index in [0.29, 0.717) is 6.61 Å². The molecular formula is C14H18N2O. The molecule has 0 unspecified atom stereocenters. The molecule has 0 fully saturated rings. The molecule has 0 aliphatic heterocycles. The molecule has 0 bridgehead atoms. The minimum Gasteiger partial charge on any atom is -0.486 e. The lowest BCUT2D eigenvalue weighted by atomic mass is 10.2. The summed E-state index contributed by atoms with van der Waals surface area (Å²) in [7, 11) is 0. The molecule has 1 heterocycles. The quantitative estimate of drug-likeness (QED) is 0.807. The van der Waals surface area contributed by atoms with Crippen molar-refractivity contribution in [1.82, 2.24) is 9.55 Å². The Morgan fingerprint density at radius 3 is 2.53 bits per heavy atom. The maximum absolute atomic E-state index is 5.72. The lowest BCUT2D eigenvalue weighted by Gasteiger charge is -2.07. The largest absolute Gasteiger partial charge is 0.486 e. The molecule has 17 heavy (non-hydrogen) atoms. The van der Waals surface area contributed by atoms with E-state index in [1.165, 1.54) is 5.56 Å². The zero-order valence-corrected chi connectivity index (χ0v) is 10.6. The van der Waals surface area contributed by atoms with E-state index >= 15 is 0 Å². The van der Waals surface area contributed by atoms with Crippen molar-refractivity contribution in [3.63, 3.8) is 0 Å². The van der Waals surface area contributed by atoms with E-state index in [0.717, 1.165) is 23.8 Å². The van der Waals surface area contributed by atoms with Crippen molar-refractivity contribution >= 4 is 0 Å². The van der Waals surface area contributed by atoms with Crippen LogP contribution in [0.5, 0.6) is 5.75 Å². The van der Waals surface area contributed by atoms with Crippen LogP contribution in [0.4, 0.5) is 0 Å². The summed E-state index contributed by atoms with van der Waals surface area (Å²) in [6.07, 6.45) is 2.05. The Labute approximate surface area is 102 Å². The first-order valence-electron chi connectivity index (χ1n) is 5.91. The van der Waals surface area contributed by atoms with Gasteiger partial charge in [-0.25, -0.2) is 4.98 Å². The molecule has 0 radical (unpaired) electrons. The number of benzene rings is 1. The van der Waals surface area contributed by atoms with Crippen LogP contribution in [0.2, 0.25) is 0 Å². The minimum absolute atomic E-state index is 0.519. The third-order valence-electron chi connectivity index (χ3n) is 2.71. The Morgan fingerprint density at radius 1 is 1.18 bits per heavy atom. The van der Waals surface area contributed by atoms with Gasteiger partial charge in [-0.15, -0.1) is 0 Å². The van der Waals surface area contributed by atoms with Crippen molar-refractivity contribution in [1.29, 1.82) is 0 Å². The highest BCUT2D eigenvalue weighted by atomic mass is 16.5. The highest BCUT2D eigenvalue weighted by molar-refractivity contribution is 5.26. The third-order valence-corrected chi connectivity index (χ3v) is 2.71. The zero-order valence-electron chi connectivity index (χ0n) is 10.6. The molecule has 2 aromatic rings. The highest BCUT2D eigenvalue weighted by Crippen LogP contribution is 2.13. The van der Waals surface area contributed by atoms with Gasteiger partial charge in [-0.2, -0.15) is 0 Å². The van der Waals surface area contributed by atoms with Crippen LogP contribution in [-0.4, -0.2) is 9.55 Å². The van der Waals surface area contributed by atoms with E-state index in [4.69, 9.17) is 4.74 Å². The van der Waals surface area contributed by atoms with E-state index in [1.54, 1.807) is 0 Å². The number of imidazole rings is 1. The Hall–Kier alpha value is -1.77. The maximum atomic E-state index is 5.72. The van der Waals surface area contributed by atoms with E-state index in [2.05, 4.69) is 23.4 Å². The number of ether oxygens (including phenoxy) is 1. The van der Waals surface area contributed by atoms with Gasteiger partial charge in [-0.1, -0.05) is 17.7 Å². The number of hydrogen-bond donors (Lipinski definition) is 0. The summed E-state index contributed by atoms with van der Waals surface area (Å²) in [6, 6.07) is 8.07. The van der Waals surface area contributed by atoms with Crippen LogP contribution >= 0.6 is 0 Å². The van der Waals surface area contributed by atoms with Gasteiger partial charge in [0.25, 0.3) is 0 Å². The monoisotopic (exact) mass is 230 g/mol. The average Bonchev–Trinajstić information content (AvgIpc) is 2.69. The number of hydrogen-bond acceptors (Lipinski definition) is 2. The van der Waals surface area contributed by atoms with Crippen LogP contribution in [0, 0.1) is 13.8 Å². The van der Waals surface area contributed by atoms with E-state index < -0.39 is 0 Å². The Balaban J connectivity index is 2.04. The van der Waals surface area contributed by atoms with Crippen LogP contribution in [0.1, 0.15) is 24.0 Å². The molecule has 1 aromatic carbocycles. The fraction of sp³-hybridized carbons (Fsp3) is 0.357. The lowest BCUT2D eigenvalue weighted by molar-refractivity contribution is 0.290. The standard InChI is InChI=1S/C14H18N2O/c1-4-16-9-12(3)15-14(16)10-17-13-7-5-11(2)6-8-13/h5-9H,4,10H2,1-3H3. The lowest BCUT2D eigenvalue weighted by Crippen LogP contribution is -2.05. The highest BCUT2D eigenvalue weighted by Gasteiger charge is 2.04. The summed E-state index contributed by atoms with van der Waals surface area (Å²) in [6.45, 7) is 7.62. The summed E-state index contributed by atoms with van der Waals surface area (Å²) < 4.78 is 7.83. The van der Waals surface area contributed by atoms with Gasteiger partial charge in [0, 0.05) is 12.7 Å². The number of aromatic nitrogens is 2. The molecular weight excluding hydrogens is 212 g/mol. The van der Waals surface area contributed by atoms with Crippen LogP contribution in [0.25, 0.3) is 0 Å². The van der Waals surface area contributed by atoms with Crippen LogP contribution < -0.4 is 4.74 Å². The molecule has 0 aliphatic rings. The molecule has 0 amide bonds. The molecule has 0 spiro atoms. The van der Waals surface area contributed by atoms with Gasteiger partial charge in [0.2, 0.25) is 0 Å². The Kier molecular flexibility index (Phi) is 3.47. The van der Waals surface area contributed by atoms with E-state index in [9.17, 15) is 0 Å². The molecule has 3 heteroatoms. The first-order chi connectivity index (χ1) is 8.19. The van der Waals surface area contributed by atoms with Crippen molar-refractivity contribution in [3.8, 4) is 5.75 Å². The number of nitrogens with zero attached hydrogens (tertiary/aromatic N) is 2. The number of aryl methyl sites for hydroxylation is 3. The van der Waals surface area contributed by atoms with E-state index in [-0.39, 0.29) is 0 Å². The molecule has 2 rings (SSSR count). The predicted molar refractivity (Wildman–Crippen MR) is 68.1 cm³/mol. The SMILES string of the molecule is CCn1cc(C)nc1COc1ccc(C)cc1. The second-order valence-corrected chi connectivity index (χ2v) is 4.19. The van der Waals surface area contributed by atoms with Gasteiger partial charge >= 0.3 is 0 Å². The molecule has 0 N–H and O–H groups in total. The second kappa shape index (κ2) is 5.04. The topological polar surface area (TPSA) is 27.1 Å². The van der Waals surface area contributed by atoms with Crippen LogP contribution in [-0.2, 0) is 13.2 Å². The first kappa shape index (κ1) is 11.7. The Bertz CT molecular complexity index is 485. The molecule has 3 nitrogen and oxygen atoms in total. The van der Waals surface area contributed by atoms with E-state index in [1.807, 2.05) is 37.4 Å². The first-order valence-corrected chi connectivity index (χ1v) is 5.91. The Morgan fingerprint density at radius 2 is 1.88 bits per heavy atom. The fourth-order valence-corrected chi connectivity index (χ4v) is 1.77. The molecule has 1 aromatic heterocycles. The van der Waals surface area contributed by atoms with Gasteiger partial charge in [0.05, 0.1) is 5.69 Å². The van der Waals surface area contributed by atoms with Crippen LogP contribution in [0.15, 0.2) is 30.5 Å². The van der Waals surface area contributed by atoms with Gasteiger partial charge in [-0.3, -0.25) is 0 Å². The van der Waals surface area contributed by atoms with Crippen molar-refractivity contribution in [2.45, 2.75) is 33.9 Å². The van der Waals surface area contributed by atoms with Crippen molar-refractivity contribution in [2.75, 3.05) is 0 Å².